The van der Waals surface area contributed by atoms with Crippen LogP contribution in [0.5, 0.6) is 0 Å². The van der Waals surface area contributed by atoms with E-state index in [9.17, 15) is 136 Å². The predicted octanol–water partition coefficient (Wildman–Crippen LogP) is -7.83. The first-order valence-electron chi connectivity index (χ1n) is 50.0. The van der Waals surface area contributed by atoms with Crippen molar-refractivity contribution in [2.24, 2.45) is 69.2 Å². The van der Waals surface area contributed by atoms with Gasteiger partial charge in [0.05, 0.1) is 38.3 Å². The molecule has 0 aromatic rings. The predicted molar refractivity (Wildman–Crippen MR) is 537 cm³/mol. The van der Waals surface area contributed by atoms with Crippen LogP contribution in [-0.2, 0) is 105 Å². The van der Waals surface area contributed by atoms with Crippen molar-refractivity contribution < 1.29 is 136 Å². The summed E-state index contributed by atoms with van der Waals surface area (Å²) in [5.74, 6) is -25.8. The molecule has 2 fully saturated rings. The SMILES string of the molecule is CC[C@H](C)[C@H](NC(=O)[C@H](CCC(=O)O)NC(=O)[C@@H](NC(=O)[C@H](CCCN=C(N)N)NC(=O)[C@@H]1CCCN1C(=O)[C@H](CCSC)NC(=O)[C@@H]1CCCN1C(=O)CNC(=O)[C@H](CCCCN)NC(=O)CNC(=O)[C@@H](NC(=O)[C@@H](NC(=O)[C@@H](NC(=O)[C@H](C)NC(=O)[C@H](CC(C)C)NC(=O)[C@H](CC(=O)O)NC(=O)[C@@H](NC(=O)[C@@H](N)CO)[C@@H](C)O)C(C)C)[C@@H](C)CC)C(C)C)[C@@H](C)O)C(=O)N[C@H](C(=O)N[C@@H](CCCCN)C(=O)O)C(C)C. The molecule has 2 saturated heterocycles. The number of carbonyl (C=O) groups is 22. The summed E-state index contributed by atoms with van der Waals surface area (Å²) in [5.41, 5.74) is 28.1. The van der Waals surface area contributed by atoms with E-state index in [0.717, 1.165) is 13.8 Å². The lowest BCUT2D eigenvalue weighted by Crippen LogP contribution is -2.62. The zero-order valence-electron chi connectivity index (χ0n) is 87.1. The Labute approximate surface area is 860 Å². The van der Waals surface area contributed by atoms with Gasteiger partial charge >= 0.3 is 17.9 Å². The van der Waals surface area contributed by atoms with Crippen molar-refractivity contribution in [2.45, 2.75) is 347 Å². The van der Waals surface area contributed by atoms with Gasteiger partial charge in [-0.25, -0.2) is 4.79 Å². The van der Waals surface area contributed by atoms with Crippen molar-refractivity contribution in [2.75, 3.05) is 64.4 Å². The first-order valence-corrected chi connectivity index (χ1v) is 51.4. The molecule has 147 heavy (non-hydrogen) atoms. The molecule has 33 N–H and O–H groups in total. The lowest BCUT2D eigenvalue weighted by molar-refractivity contribution is -0.144. The van der Waals surface area contributed by atoms with Crippen LogP contribution < -0.4 is 119 Å². The average molecular weight is 2110 g/mol. The minimum absolute atomic E-state index is 0.00522. The van der Waals surface area contributed by atoms with E-state index in [2.05, 4.69) is 95.4 Å². The van der Waals surface area contributed by atoms with Crippen molar-refractivity contribution in [1.82, 2.24) is 100 Å². The lowest BCUT2D eigenvalue weighted by Gasteiger charge is -2.32. The third-order valence-corrected chi connectivity index (χ3v) is 25.5. The van der Waals surface area contributed by atoms with Gasteiger partial charge in [0.15, 0.2) is 5.96 Å². The molecule has 834 valence electrons. The van der Waals surface area contributed by atoms with E-state index < -0.39 is 320 Å². The molecule has 0 spiro atoms. The molecule has 0 aliphatic carbocycles. The molecule has 2 aliphatic rings. The average Bonchev–Trinajstić information content (AvgIpc) is 1.74. The highest BCUT2D eigenvalue weighted by Crippen LogP contribution is 2.25. The summed E-state index contributed by atoms with van der Waals surface area (Å²) in [6.45, 7) is 21.1. The number of aliphatic imine (C=N–C) groups is 1. The second kappa shape index (κ2) is 66.8. The van der Waals surface area contributed by atoms with E-state index >= 15 is 0 Å². The number of likely N-dealkylation sites (tertiary alicyclic amines) is 2. The maximum atomic E-state index is 14.9. The molecular weight excluding hydrogens is 1950 g/mol. The fourth-order valence-corrected chi connectivity index (χ4v) is 16.3. The Balaban J connectivity index is 2.34. The van der Waals surface area contributed by atoms with Crippen LogP contribution in [0.3, 0.4) is 0 Å². The maximum absolute atomic E-state index is 14.9. The minimum Gasteiger partial charge on any atom is -0.481 e. The highest BCUT2D eigenvalue weighted by molar-refractivity contribution is 7.98. The van der Waals surface area contributed by atoms with E-state index in [4.69, 9.17) is 28.7 Å². The highest BCUT2D eigenvalue weighted by Gasteiger charge is 2.45. The van der Waals surface area contributed by atoms with Gasteiger partial charge in [-0.2, -0.15) is 11.8 Å². The van der Waals surface area contributed by atoms with E-state index in [1.807, 2.05) is 0 Å². The van der Waals surface area contributed by atoms with Crippen LogP contribution in [0, 0.1) is 35.5 Å². The number of nitrogens with zero attached hydrogens (tertiary/aromatic N) is 3. The molecular formula is C93H163N25O28S. The van der Waals surface area contributed by atoms with Crippen LogP contribution in [-0.4, -0.2) is 362 Å². The quantitative estimate of drug-likeness (QED) is 0.0153. The first kappa shape index (κ1) is 131. The highest BCUT2D eigenvalue weighted by atomic mass is 32.2. The van der Waals surface area contributed by atoms with Gasteiger partial charge in [-0.15, -0.1) is 0 Å². The van der Waals surface area contributed by atoms with Crippen molar-refractivity contribution in [3.05, 3.63) is 0 Å². The smallest absolute Gasteiger partial charge is 0.326 e. The fourth-order valence-electron chi connectivity index (χ4n) is 15.8. The molecule has 0 bridgehead atoms. The summed E-state index contributed by atoms with van der Waals surface area (Å²) in [5, 5.41) is 102. The lowest BCUT2D eigenvalue weighted by atomic mass is 9.95. The minimum atomic E-state index is -1.94. The van der Waals surface area contributed by atoms with E-state index in [1.165, 1.54) is 28.5 Å². The number of nitrogens with two attached hydrogens (primary N) is 5. The van der Waals surface area contributed by atoms with Crippen LogP contribution in [0.15, 0.2) is 4.99 Å². The second-order valence-corrected chi connectivity index (χ2v) is 39.5. The van der Waals surface area contributed by atoms with Gasteiger partial charge in [-0.3, -0.25) is 106 Å². The second-order valence-electron chi connectivity index (χ2n) is 38.6. The number of aliphatic hydroxyl groups excluding tert-OH is 3. The summed E-state index contributed by atoms with van der Waals surface area (Å²) in [7, 11) is 0. The Morgan fingerprint density at radius 2 is 0.796 bits per heavy atom. The molecule has 0 unspecified atom stereocenters. The Morgan fingerprint density at radius 3 is 1.27 bits per heavy atom. The number of nitrogens with one attached hydrogen (secondary N) is 17. The standard InChI is InChI=1S/C93H163N25O28S/c1-17-49(11)71(87(140)112-69(47(7)8)85(138)107-59(92(145)146)27-20-22-35-95)113-79(132)57(31-32-66(124)125)105-89(142)74(53(15)121)116-78(131)56(28-23-36-99-93(97)98)104-83(136)63-30-25-38-118(63)91(144)58(33-39-147-16)106-82(135)62-29-24-37-117(62)65(123)43-101-77(130)55(26-19-21-34-94)103-64(122)42-100-84(137)68(46(5)6)111-88(141)72(50(12)18-2)114-86(139)70(48(9)10)110-75(128)51(13)102-80(133)60(40-45(3)4)108-81(134)61(41-67(126)127)109-90(143)73(52(14)120)115-76(129)54(96)44-119/h45-63,68-74,119-121H,17-44,94-96H2,1-16H3,(H,100,137)(H,101,130)(H,102,133)(H,103,122)(H,104,136)(H,105,142)(H,106,135)(H,107,138)(H,108,134)(H,109,143)(H,110,128)(H,111,141)(H,112,140)(H,113,132)(H,114,139)(H,115,129)(H,116,131)(H,124,125)(H,126,127)(H,145,146)(H4,97,98,99)/t49-,50-,51-,52+,53+,54-,55-,56-,57-,58-,59-,60-,61-,62-,63-,68-,69-,70-,71-,72-,73-,74-/m0/s1. The molecule has 2 aliphatic heterocycles. The third kappa shape index (κ3) is 45.5. The summed E-state index contributed by atoms with van der Waals surface area (Å²) in [4.78, 5) is 309. The topological polar surface area (TPSA) is 850 Å². The van der Waals surface area contributed by atoms with Gasteiger partial charge in [0.25, 0.3) is 0 Å². The summed E-state index contributed by atoms with van der Waals surface area (Å²) in [6, 6.07) is -26.7. The maximum Gasteiger partial charge on any atom is 0.326 e. The Bertz CT molecular complexity index is 4450. The van der Waals surface area contributed by atoms with Crippen molar-refractivity contribution >= 4 is 148 Å². The number of thioether (sulfide) groups is 1. The first-order chi connectivity index (χ1) is 69.0. The molecule has 19 amide bonds. The van der Waals surface area contributed by atoms with E-state index in [0.29, 0.717) is 37.9 Å². The van der Waals surface area contributed by atoms with Crippen molar-refractivity contribution in [3.63, 3.8) is 0 Å². The van der Waals surface area contributed by atoms with Crippen molar-refractivity contribution in [1.29, 1.82) is 0 Å². The molecule has 53 nitrogen and oxygen atoms in total. The number of carboxylic acids is 3. The zero-order chi connectivity index (χ0) is 112. The molecule has 2 rings (SSSR count). The molecule has 0 saturated carbocycles. The molecule has 22 atom stereocenters. The van der Waals surface area contributed by atoms with Crippen LogP contribution >= 0.6 is 11.8 Å². The monoisotopic (exact) mass is 2110 g/mol. The fraction of sp³-hybridized carbons (Fsp3) is 0.753. The van der Waals surface area contributed by atoms with Gasteiger partial charge in [-0.1, -0.05) is 95.9 Å². The third-order valence-electron chi connectivity index (χ3n) is 24.9. The van der Waals surface area contributed by atoms with Gasteiger partial charge in [0, 0.05) is 26.1 Å². The van der Waals surface area contributed by atoms with Gasteiger partial charge < -0.3 is 159 Å². The number of carbonyl (C=O) groups excluding carboxylic acids is 19. The Kier molecular flexibility index (Phi) is 59.5. The normalized spacial score (nSPS) is 17.5. The molecule has 0 aromatic heterocycles. The number of amides is 19. The van der Waals surface area contributed by atoms with E-state index in [-0.39, 0.29) is 115 Å². The van der Waals surface area contributed by atoms with Crippen LogP contribution in [0.1, 0.15) is 226 Å². The number of rotatable bonds is 69. The summed E-state index contributed by atoms with van der Waals surface area (Å²) >= 11 is 1.33. The largest absolute Gasteiger partial charge is 0.481 e. The number of aliphatic carboxylic acids is 3. The number of hydrogen-bond acceptors (Lipinski definition) is 30. The number of hydrogen-bond donors (Lipinski definition) is 28. The number of carboxylic acid groups (broad SMARTS) is 3. The van der Waals surface area contributed by atoms with Crippen LogP contribution in [0.2, 0.25) is 0 Å². The molecule has 0 aromatic carbocycles. The number of guanidine groups is 1. The van der Waals surface area contributed by atoms with Crippen LogP contribution in [0.4, 0.5) is 0 Å². The summed E-state index contributed by atoms with van der Waals surface area (Å²) < 4.78 is 0. The van der Waals surface area contributed by atoms with Gasteiger partial charge in [-0.05, 0) is 178 Å². The van der Waals surface area contributed by atoms with E-state index in [1.54, 1.807) is 89.3 Å². The molecule has 2 heterocycles. The van der Waals surface area contributed by atoms with Crippen molar-refractivity contribution in [3.8, 4) is 0 Å². The Morgan fingerprint density at radius 1 is 0.401 bits per heavy atom. The molecule has 0 radical (unpaired) electrons. The number of aliphatic hydroxyl groups is 3. The van der Waals surface area contributed by atoms with Crippen LogP contribution in [0.25, 0.3) is 0 Å². The van der Waals surface area contributed by atoms with Gasteiger partial charge in [0.1, 0.15) is 109 Å². The zero-order valence-corrected chi connectivity index (χ0v) is 87.9. The number of unbranched alkanes of at least 4 members (excludes halogenated alkanes) is 2. The Hall–Kier alpha value is -12.3. The van der Waals surface area contributed by atoms with Gasteiger partial charge in [0.2, 0.25) is 112 Å². The molecule has 54 heteroatoms. The summed E-state index contributed by atoms with van der Waals surface area (Å²) in [6.07, 6.45) is -1.54.